The number of anilines is 1. The van der Waals surface area contributed by atoms with Crippen LogP contribution in [0.1, 0.15) is 37.7 Å². The zero-order chi connectivity index (χ0) is 13.0. The van der Waals surface area contributed by atoms with E-state index in [0.717, 1.165) is 19.4 Å². The molecule has 0 bridgehead atoms. The van der Waals surface area contributed by atoms with E-state index in [1.807, 2.05) is 0 Å². The molecular weight excluding hydrogens is 222 g/mol. The molecule has 0 N–H and O–H groups in total. The SMILES string of the molecule is Cc1ccccc1N(C)CC1(C=O)CCCCC1. The van der Waals surface area contributed by atoms with Crippen LogP contribution in [0.15, 0.2) is 24.3 Å². The summed E-state index contributed by atoms with van der Waals surface area (Å²) in [7, 11) is 2.10. The van der Waals surface area contributed by atoms with Crippen molar-refractivity contribution in [1.82, 2.24) is 0 Å². The van der Waals surface area contributed by atoms with Crippen molar-refractivity contribution in [1.29, 1.82) is 0 Å². The number of hydrogen-bond donors (Lipinski definition) is 0. The van der Waals surface area contributed by atoms with Crippen LogP contribution in [-0.2, 0) is 4.79 Å². The molecule has 0 aromatic heterocycles. The molecule has 0 unspecified atom stereocenters. The second-order valence-corrected chi connectivity index (χ2v) is 5.68. The standard InChI is InChI=1S/C16H23NO/c1-14-8-4-5-9-15(14)17(2)12-16(13-18)10-6-3-7-11-16/h4-5,8-9,13H,3,6-7,10-12H2,1-2H3. The van der Waals surface area contributed by atoms with Crippen molar-refractivity contribution >= 4 is 12.0 Å². The van der Waals surface area contributed by atoms with E-state index in [1.165, 1.54) is 36.8 Å². The summed E-state index contributed by atoms with van der Waals surface area (Å²) >= 11 is 0. The minimum absolute atomic E-state index is 0.116. The number of aryl methyl sites for hydroxylation is 1. The van der Waals surface area contributed by atoms with E-state index in [1.54, 1.807) is 0 Å². The minimum Gasteiger partial charge on any atom is -0.373 e. The molecule has 0 radical (unpaired) electrons. The second kappa shape index (κ2) is 5.55. The number of carbonyl (C=O) groups excluding carboxylic acids is 1. The zero-order valence-electron chi connectivity index (χ0n) is 11.5. The Balaban J connectivity index is 2.12. The van der Waals surface area contributed by atoms with E-state index in [-0.39, 0.29) is 5.41 Å². The molecule has 1 aliphatic rings. The van der Waals surface area contributed by atoms with Crippen LogP contribution in [0.5, 0.6) is 0 Å². The van der Waals surface area contributed by atoms with Crippen LogP contribution < -0.4 is 4.90 Å². The Morgan fingerprint density at radius 3 is 2.50 bits per heavy atom. The van der Waals surface area contributed by atoms with E-state index in [0.29, 0.717) is 0 Å². The third-order valence-electron chi connectivity index (χ3n) is 4.18. The molecule has 0 amide bonds. The Labute approximate surface area is 110 Å². The van der Waals surface area contributed by atoms with Crippen molar-refractivity contribution in [3.05, 3.63) is 29.8 Å². The largest absolute Gasteiger partial charge is 0.373 e. The van der Waals surface area contributed by atoms with Crippen LogP contribution in [0.25, 0.3) is 0 Å². The van der Waals surface area contributed by atoms with Gasteiger partial charge in [-0.1, -0.05) is 37.5 Å². The molecule has 0 heterocycles. The Morgan fingerprint density at radius 1 is 1.22 bits per heavy atom. The van der Waals surface area contributed by atoms with Gasteiger partial charge >= 0.3 is 0 Å². The molecule has 98 valence electrons. The average Bonchev–Trinajstić information content (AvgIpc) is 2.40. The van der Waals surface area contributed by atoms with Gasteiger partial charge in [-0.3, -0.25) is 0 Å². The van der Waals surface area contributed by atoms with Gasteiger partial charge in [0.05, 0.1) is 0 Å². The summed E-state index contributed by atoms with van der Waals surface area (Å²) in [4.78, 5) is 13.8. The predicted molar refractivity (Wildman–Crippen MR) is 76.0 cm³/mol. The molecule has 2 rings (SSSR count). The lowest BCUT2D eigenvalue weighted by Gasteiger charge is -2.36. The normalized spacial score (nSPS) is 18.3. The number of nitrogens with zero attached hydrogens (tertiary/aromatic N) is 1. The smallest absolute Gasteiger partial charge is 0.127 e. The van der Waals surface area contributed by atoms with E-state index in [9.17, 15) is 4.79 Å². The van der Waals surface area contributed by atoms with Gasteiger partial charge in [-0.2, -0.15) is 0 Å². The van der Waals surface area contributed by atoms with Crippen molar-refractivity contribution in [3.8, 4) is 0 Å². The lowest BCUT2D eigenvalue weighted by molar-refractivity contribution is -0.117. The maximum atomic E-state index is 11.5. The fraction of sp³-hybridized carbons (Fsp3) is 0.562. The van der Waals surface area contributed by atoms with Gasteiger partial charge in [0.1, 0.15) is 6.29 Å². The van der Waals surface area contributed by atoms with Gasteiger partial charge in [0.25, 0.3) is 0 Å². The van der Waals surface area contributed by atoms with E-state index in [2.05, 4.69) is 43.1 Å². The fourth-order valence-corrected chi connectivity index (χ4v) is 3.12. The molecular formula is C16H23NO. The van der Waals surface area contributed by atoms with Gasteiger partial charge in [-0.25, -0.2) is 0 Å². The molecule has 0 saturated heterocycles. The molecule has 1 aliphatic carbocycles. The molecule has 18 heavy (non-hydrogen) atoms. The number of para-hydroxylation sites is 1. The Hall–Kier alpha value is -1.31. The van der Waals surface area contributed by atoms with Gasteiger partial charge in [-0.15, -0.1) is 0 Å². The molecule has 1 aromatic rings. The first-order chi connectivity index (χ1) is 8.67. The van der Waals surface area contributed by atoms with Crippen LogP contribution in [-0.4, -0.2) is 19.9 Å². The van der Waals surface area contributed by atoms with Crippen LogP contribution >= 0.6 is 0 Å². The van der Waals surface area contributed by atoms with Gasteiger partial charge < -0.3 is 9.69 Å². The molecule has 1 saturated carbocycles. The van der Waals surface area contributed by atoms with E-state index >= 15 is 0 Å². The van der Waals surface area contributed by atoms with Crippen molar-refractivity contribution in [3.63, 3.8) is 0 Å². The molecule has 0 atom stereocenters. The monoisotopic (exact) mass is 245 g/mol. The van der Waals surface area contributed by atoms with Crippen LogP contribution in [0, 0.1) is 12.3 Å². The van der Waals surface area contributed by atoms with Crippen LogP contribution in [0.2, 0.25) is 0 Å². The first kappa shape index (κ1) is 13.1. The Morgan fingerprint density at radius 2 is 1.89 bits per heavy atom. The molecule has 1 aromatic carbocycles. The summed E-state index contributed by atoms with van der Waals surface area (Å²) in [5.74, 6) is 0. The molecule has 2 nitrogen and oxygen atoms in total. The van der Waals surface area contributed by atoms with Crippen molar-refractivity contribution in [2.45, 2.75) is 39.0 Å². The van der Waals surface area contributed by atoms with Crippen molar-refractivity contribution in [2.24, 2.45) is 5.41 Å². The Kier molecular flexibility index (Phi) is 4.05. The molecule has 1 fully saturated rings. The number of benzene rings is 1. The van der Waals surface area contributed by atoms with Gasteiger partial charge in [0, 0.05) is 24.7 Å². The van der Waals surface area contributed by atoms with Crippen LogP contribution in [0.4, 0.5) is 5.69 Å². The van der Waals surface area contributed by atoms with Gasteiger partial charge in [0.2, 0.25) is 0 Å². The second-order valence-electron chi connectivity index (χ2n) is 5.68. The highest BCUT2D eigenvalue weighted by atomic mass is 16.1. The quantitative estimate of drug-likeness (QED) is 0.756. The summed E-state index contributed by atoms with van der Waals surface area (Å²) in [6.07, 6.45) is 6.98. The predicted octanol–water partition coefficient (Wildman–Crippen LogP) is 3.58. The molecule has 2 heteroatoms. The van der Waals surface area contributed by atoms with Gasteiger partial charge in [-0.05, 0) is 31.4 Å². The number of rotatable bonds is 4. The van der Waals surface area contributed by atoms with Crippen molar-refractivity contribution in [2.75, 3.05) is 18.5 Å². The first-order valence-corrected chi connectivity index (χ1v) is 6.90. The molecule has 0 aliphatic heterocycles. The summed E-state index contributed by atoms with van der Waals surface area (Å²) in [5, 5.41) is 0. The summed E-state index contributed by atoms with van der Waals surface area (Å²) in [6, 6.07) is 8.38. The number of carbonyl (C=O) groups is 1. The maximum Gasteiger partial charge on any atom is 0.127 e. The van der Waals surface area contributed by atoms with Crippen LogP contribution in [0.3, 0.4) is 0 Å². The van der Waals surface area contributed by atoms with E-state index in [4.69, 9.17) is 0 Å². The zero-order valence-corrected chi connectivity index (χ0v) is 11.5. The Bertz CT molecular complexity index is 407. The molecule has 0 spiro atoms. The topological polar surface area (TPSA) is 20.3 Å². The fourth-order valence-electron chi connectivity index (χ4n) is 3.12. The summed E-state index contributed by atoms with van der Waals surface area (Å²) < 4.78 is 0. The van der Waals surface area contributed by atoms with Gasteiger partial charge in [0.15, 0.2) is 0 Å². The average molecular weight is 245 g/mol. The lowest BCUT2D eigenvalue weighted by Crippen LogP contribution is -2.38. The third-order valence-corrected chi connectivity index (χ3v) is 4.18. The van der Waals surface area contributed by atoms with E-state index < -0.39 is 0 Å². The third kappa shape index (κ3) is 2.74. The first-order valence-electron chi connectivity index (χ1n) is 6.90. The highest BCUT2D eigenvalue weighted by molar-refractivity contribution is 5.62. The van der Waals surface area contributed by atoms with Crippen molar-refractivity contribution < 1.29 is 4.79 Å². The summed E-state index contributed by atoms with van der Waals surface area (Å²) in [6.45, 7) is 2.97. The minimum atomic E-state index is -0.116. The maximum absolute atomic E-state index is 11.5. The lowest BCUT2D eigenvalue weighted by atomic mass is 9.75. The summed E-state index contributed by atoms with van der Waals surface area (Å²) in [5.41, 5.74) is 2.40. The number of aldehydes is 1. The highest BCUT2D eigenvalue weighted by Crippen LogP contribution is 2.36. The number of hydrogen-bond acceptors (Lipinski definition) is 2. The highest BCUT2D eigenvalue weighted by Gasteiger charge is 2.33.